The van der Waals surface area contributed by atoms with E-state index in [1.54, 1.807) is 10.7 Å². The zero-order valence-electron chi connectivity index (χ0n) is 14.4. The van der Waals surface area contributed by atoms with Crippen molar-refractivity contribution < 1.29 is 9.21 Å². The summed E-state index contributed by atoms with van der Waals surface area (Å²) in [6, 6.07) is 11.0. The zero-order valence-corrected chi connectivity index (χ0v) is 15.1. The lowest BCUT2D eigenvalue weighted by atomic mass is 9.92. The van der Waals surface area contributed by atoms with Gasteiger partial charge in [-0.15, -0.1) is 0 Å². The van der Waals surface area contributed by atoms with Crippen molar-refractivity contribution in [2.45, 2.75) is 32.2 Å². The first-order valence-electron chi connectivity index (χ1n) is 8.44. The Hall–Kier alpha value is -2.73. The first-order chi connectivity index (χ1) is 12.4. The van der Waals surface area contributed by atoms with E-state index in [0.29, 0.717) is 27.9 Å². The van der Waals surface area contributed by atoms with Crippen LogP contribution in [0.2, 0.25) is 5.02 Å². The van der Waals surface area contributed by atoms with Crippen LogP contribution in [-0.2, 0) is 4.79 Å². The molecule has 1 aliphatic rings. The molecule has 0 fully saturated rings. The summed E-state index contributed by atoms with van der Waals surface area (Å²) in [4.78, 5) is 24.7. The molecule has 1 unspecified atom stereocenters. The smallest absolute Gasteiger partial charge is 0.270 e. The van der Waals surface area contributed by atoms with Gasteiger partial charge in [-0.25, -0.2) is 0 Å². The molecule has 1 aliphatic heterocycles. The van der Waals surface area contributed by atoms with Crippen LogP contribution in [0.1, 0.15) is 43.6 Å². The van der Waals surface area contributed by atoms with Crippen molar-refractivity contribution in [1.82, 2.24) is 9.78 Å². The topological polar surface area (TPSA) is 80.0 Å². The van der Waals surface area contributed by atoms with Crippen LogP contribution in [0, 0.1) is 0 Å². The highest BCUT2D eigenvalue weighted by Gasteiger charge is 2.34. The minimum atomic E-state index is -0.421. The zero-order chi connectivity index (χ0) is 18.4. The molecule has 0 aliphatic carbocycles. The minimum absolute atomic E-state index is 0.0177. The SMILES string of the molecule is CC(C)n1[nH]c(=O)c2c1NC(=O)CC2c1ccc(-c2cccc(Cl)c2)o1. The Labute approximate surface area is 154 Å². The Morgan fingerprint density at radius 3 is 2.77 bits per heavy atom. The van der Waals surface area contributed by atoms with E-state index in [9.17, 15) is 9.59 Å². The van der Waals surface area contributed by atoms with E-state index in [1.807, 2.05) is 44.2 Å². The van der Waals surface area contributed by atoms with E-state index in [0.717, 1.165) is 5.56 Å². The van der Waals surface area contributed by atoms with Crippen LogP contribution < -0.4 is 10.9 Å². The van der Waals surface area contributed by atoms with Gasteiger partial charge in [0.25, 0.3) is 5.56 Å². The number of fused-ring (bicyclic) bond motifs is 1. The summed E-state index contributed by atoms with van der Waals surface area (Å²) in [6.07, 6.45) is 0.167. The first-order valence-corrected chi connectivity index (χ1v) is 8.81. The molecule has 6 nitrogen and oxygen atoms in total. The second-order valence-electron chi connectivity index (χ2n) is 6.68. The standard InChI is InChI=1S/C19H18ClN3O3/c1-10(2)23-18-17(19(25)22-23)13(9-16(24)21-18)15-7-6-14(26-15)11-4-3-5-12(20)8-11/h3-8,10,13H,9H2,1-2H3,(H,21,24)(H,22,25). The maximum atomic E-state index is 12.5. The molecule has 2 N–H and O–H groups in total. The van der Waals surface area contributed by atoms with Crippen molar-refractivity contribution in [2.24, 2.45) is 0 Å². The molecular formula is C19H18ClN3O3. The van der Waals surface area contributed by atoms with Crippen molar-refractivity contribution in [2.75, 3.05) is 5.32 Å². The van der Waals surface area contributed by atoms with Crippen LogP contribution in [0.5, 0.6) is 0 Å². The van der Waals surface area contributed by atoms with E-state index in [-0.39, 0.29) is 23.9 Å². The molecule has 2 aromatic heterocycles. The number of H-pyrrole nitrogens is 1. The third-order valence-corrected chi connectivity index (χ3v) is 4.79. The Morgan fingerprint density at radius 1 is 1.23 bits per heavy atom. The van der Waals surface area contributed by atoms with E-state index >= 15 is 0 Å². The number of aromatic nitrogens is 2. The molecule has 0 saturated heterocycles. The van der Waals surface area contributed by atoms with Crippen molar-refractivity contribution in [1.29, 1.82) is 0 Å². The fraction of sp³-hybridized carbons (Fsp3) is 0.263. The molecule has 1 atom stereocenters. The number of rotatable bonds is 3. The summed E-state index contributed by atoms with van der Waals surface area (Å²) < 4.78 is 7.68. The van der Waals surface area contributed by atoms with Gasteiger partial charge in [-0.2, -0.15) is 0 Å². The van der Waals surface area contributed by atoms with Gasteiger partial charge in [0.15, 0.2) is 0 Å². The number of benzene rings is 1. The number of carbonyl (C=O) groups is 1. The third kappa shape index (κ3) is 2.76. The van der Waals surface area contributed by atoms with Gasteiger partial charge in [0.1, 0.15) is 17.3 Å². The van der Waals surface area contributed by atoms with Crippen molar-refractivity contribution in [3.05, 3.63) is 63.1 Å². The predicted octanol–water partition coefficient (Wildman–Crippen LogP) is 4.14. The first kappa shape index (κ1) is 16.7. The number of furan rings is 1. The van der Waals surface area contributed by atoms with Crippen molar-refractivity contribution in [3.8, 4) is 11.3 Å². The average molecular weight is 372 g/mol. The van der Waals surface area contributed by atoms with Gasteiger partial charge >= 0.3 is 0 Å². The number of nitrogens with one attached hydrogen (secondary N) is 2. The quantitative estimate of drug-likeness (QED) is 0.725. The molecule has 3 heterocycles. The van der Waals surface area contributed by atoms with Gasteiger partial charge in [-0.1, -0.05) is 23.7 Å². The summed E-state index contributed by atoms with van der Waals surface area (Å²) in [7, 11) is 0. The fourth-order valence-electron chi connectivity index (χ4n) is 3.35. The molecule has 26 heavy (non-hydrogen) atoms. The van der Waals surface area contributed by atoms with Gasteiger partial charge in [0.2, 0.25) is 5.91 Å². The minimum Gasteiger partial charge on any atom is -0.460 e. The van der Waals surface area contributed by atoms with Gasteiger partial charge in [0, 0.05) is 23.0 Å². The highest BCUT2D eigenvalue weighted by Crippen LogP contribution is 2.38. The summed E-state index contributed by atoms with van der Waals surface area (Å²) in [6.45, 7) is 3.88. The molecule has 0 bridgehead atoms. The number of hydrogen-bond acceptors (Lipinski definition) is 3. The number of amides is 1. The van der Waals surface area contributed by atoms with Crippen molar-refractivity contribution >= 4 is 23.3 Å². The summed E-state index contributed by atoms with van der Waals surface area (Å²) in [5.74, 6) is 1.19. The maximum Gasteiger partial charge on any atom is 0.270 e. The number of halogens is 1. The van der Waals surface area contributed by atoms with E-state index in [2.05, 4.69) is 10.4 Å². The number of anilines is 1. The molecule has 0 saturated carbocycles. The number of nitrogens with zero attached hydrogens (tertiary/aromatic N) is 1. The van der Waals surface area contributed by atoms with E-state index in [1.165, 1.54) is 0 Å². The molecule has 1 amide bonds. The second kappa shape index (κ2) is 6.21. The number of aromatic amines is 1. The van der Waals surface area contributed by atoms with Crippen LogP contribution in [0.4, 0.5) is 5.82 Å². The Bertz CT molecular complexity index is 1040. The van der Waals surface area contributed by atoms with E-state index < -0.39 is 5.92 Å². The third-order valence-electron chi connectivity index (χ3n) is 4.55. The normalized spacial score (nSPS) is 16.6. The lowest BCUT2D eigenvalue weighted by Crippen LogP contribution is -2.27. The molecule has 0 radical (unpaired) electrons. The lowest BCUT2D eigenvalue weighted by molar-refractivity contribution is -0.116. The van der Waals surface area contributed by atoms with Gasteiger partial charge in [-0.3, -0.25) is 19.4 Å². The summed E-state index contributed by atoms with van der Waals surface area (Å²) in [5.41, 5.74) is 1.17. The molecular weight excluding hydrogens is 354 g/mol. The van der Waals surface area contributed by atoms with Gasteiger partial charge < -0.3 is 9.73 Å². The predicted molar refractivity (Wildman–Crippen MR) is 99.7 cm³/mol. The average Bonchev–Trinajstić information content (AvgIpc) is 3.20. The highest BCUT2D eigenvalue weighted by atomic mass is 35.5. The Morgan fingerprint density at radius 2 is 2.04 bits per heavy atom. The highest BCUT2D eigenvalue weighted by molar-refractivity contribution is 6.30. The lowest BCUT2D eigenvalue weighted by Gasteiger charge is -2.22. The molecule has 4 rings (SSSR count). The monoisotopic (exact) mass is 371 g/mol. The van der Waals surface area contributed by atoms with Crippen LogP contribution >= 0.6 is 11.6 Å². The summed E-state index contributed by atoms with van der Waals surface area (Å²) in [5, 5.41) is 6.23. The van der Waals surface area contributed by atoms with Crippen LogP contribution in [0.15, 0.2) is 45.6 Å². The summed E-state index contributed by atoms with van der Waals surface area (Å²) >= 11 is 6.05. The fourth-order valence-corrected chi connectivity index (χ4v) is 3.54. The Balaban J connectivity index is 1.79. The molecule has 1 aromatic carbocycles. The largest absolute Gasteiger partial charge is 0.460 e. The molecule has 0 spiro atoms. The molecule has 3 aromatic rings. The maximum absolute atomic E-state index is 12.5. The number of hydrogen-bond donors (Lipinski definition) is 2. The van der Waals surface area contributed by atoms with Crippen molar-refractivity contribution in [3.63, 3.8) is 0 Å². The Kier molecular flexibility index (Phi) is 4.00. The van der Waals surface area contributed by atoms with Crippen LogP contribution in [0.3, 0.4) is 0 Å². The van der Waals surface area contributed by atoms with Crippen LogP contribution in [-0.4, -0.2) is 15.7 Å². The molecule has 7 heteroatoms. The van der Waals surface area contributed by atoms with Gasteiger partial charge in [0.05, 0.1) is 11.5 Å². The molecule has 134 valence electrons. The second-order valence-corrected chi connectivity index (χ2v) is 7.12. The van der Waals surface area contributed by atoms with E-state index in [4.69, 9.17) is 16.0 Å². The van der Waals surface area contributed by atoms with Gasteiger partial charge in [-0.05, 0) is 38.1 Å². The number of carbonyl (C=O) groups excluding carboxylic acids is 1. The van der Waals surface area contributed by atoms with Crippen LogP contribution in [0.25, 0.3) is 11.3 Å².